The summed E-state index contributed by atoms with van der Waals surface area (Å²) in [5, 5.41) is 0.208. The van der Waals surface area contributed by atoms with Gasteiger partial charge >= 0.3 is 5.97 Å². The Balaban J connectivity index is 3.37. The van der Waals surface area contributed by atoms with Crippen LogP contribution in [-0.4, -0.2) is 18.1 Å². The highest BCUT2D eigenvalue weighted by Gasteiger charge is 2.17. The Morgan fingerprint density at radius 3 is 2.79 bits per heavy atom. The number of nitrogens with zero attached hydrogens (tertiary/aromatic N) is 1. The zero-order valence-corrected chi connectivity index (χ0v) is 9.18. The molecule has 14 heavy (non-hydrogen) atoms. The van der Waals surface area contributed by atoms with Gasteiger partial charge in [0.25, 0.3) is 0 Å². The Hall–Kier alpha value is -1.09. The van der Waals surface area contributed by atoms with Crippen LogP contribution in [0.1, 0.15) is 28.4 Å². The Bertz CT molecular complexity index is 363. The van der Waals surface area contributed by atoms with Gasteiger partial charge in [0.05, 0.1) is 7.11 Å². The van der Waals surface area contributed by atoms with Crippen molar-refractivity contribution < 1.29 is 9.53 Å². The summed E-state index contributed by atoms with van der Waals surface area (Å²) in [6, 6.07) is 0. The molecule has 0 radical (unpaired) electrons. The quantitative estimate of drug-likeness (QED) is 0.560. The molecule has 1 aromatic rings. The summed E-state index contributed by atoms with van der Waals surface area (Å²) < 4.78 is 4.65. The fourth-order valence-electron chi connectivity index (χ4n) is 1.38. The third kappa shape index (κ3) is 1.87. The van der Waals surface area contributed by atoms with E-state index in [-0.39, 0.29) is 5.15 Å². The van der Waals surface area contributed by atoms with Gasteiger partial charge in [0, 0.05) is 6.20 Å². The monoisotopic (exact) mass is 213 g/mol. The Morgan fingerprint density at radius 2 is 2.29 bits per heavy atom. The number of carbonyl (C=O) groups excluding carboxylic acids is 1. The average Bonchev–Trinajstić information content (AvgIpc) is 2.19. The number of aryl methyl sites for hydroxylation is 1. The zero-order chi connectivity index (χ0) is 10.7. The highest BCUT2D eigenvalue weighted by atomic mass is 35.5. The van der Waals surface area contributed by atoms with Crippen LogP contribution in [0.3, 0.4) is 0 Å². The zero-order valence-electron chi connectivity index (χ0n) is 8.43. The molecule has 1 heterocycles. The number of aromatic nitrogens is 1. The molecule has 0 amide bonds. The van der Waals surface area contributed by atoms with E-state index < -0.39 is 5.97 Å². The van der Waals surface area contributed by atoms with E-state index in [1.807, 2.05) is 13.8 Å². The second-order valence-corrected chi connectivity index (χ2v) is 3.29. The number of carbonyl (C=O) groups is 1. The fourth-order valence-corrected chi connectivity index (χ4v) is 1.62. The first-order valence-electron chi connectivity index (χ1n) is 4.34. The molecular formula is C10H12ClNO2. The second-order valence-electron chi connectivity index (χ2n) is 2.93. The third-order valence-electron chi connectivity index (χ3n) is 2.10. The summed E-state index contributed by atoms with van der Waals surface area (Å²) in [6.07, 6.45) is 2.39. The van der Waals surface area contributed by atoms with Crippen LogP contribution >= 0.6 is 11.6 Å². The lowest BCUT2D eigenvalue weighted by Gasteiger charge is -2.09. The number of hydrogen-bond donors (Lipinski definition) is 0. The molecule has 0 aliphatic rings. The van der Waals surface area contributed by atoms with Gasteiger partial charge in [-0.1, -0.05) is 18.5 Å². The van der Waals surface area contributed by atoms with Crippen LogP contribution in [0.15, 0.2) is 6.20 Å². The van der Waals surface area contributed by atoms with Crippen LogP contribution in [0.4, 0.5) is 0 Å². The molecule has 0 N–H and O–H groups in total. The Morgan fingerprint density at radius 1 is 1.64 bits per heavy atom. The van der Waals surface area contributed by atoms with Gasteiger partial charge < -0.3 is 4.74 Å². The van der Waals surface area contributed by atoms with E-state index >= 15 is 0 Å². The summed E-state index contributed by atoms with van der Waals surface area (Å²) in [5.74, 6) is -0.428. The molecule has 3 nitrogen and oxygen atoms in total. The van der Waals surface area contributed by atoms with Gasteiger partial charge in [-0.25, -0.2) is 9.78 Å². The van der Waals surface area contributed by atoms with Crippen LogP contribution in [0, 0.1) is 6.92 Å². The molecule has 0 atom stereocenters. The van der Waals surface area contributed by atoms with E-state index in [1.165, 1.54) is 7.11 Å². The molecular weight excluding hydrogens is 202 g/mol. The van der Waals surface area contributed by atoms with Crippen molar-refractivity contribution in [1.29, 1.82) is 0 Å². The van der Waals surface area contributed by atoms with E-state index in [0.717, 1.165) is 17.5 Å². The molecule has 4 heteroatoms. The summed E-state index contributed by atoms with van der Waals surface area (Å²) >= 11 is 5.84. The van der Waals surface area contributed by atoms with E-state index in [0.29, 0.717) is 5.56 Å². The first kappa shape index (κ1) is 11.0. The number of methoxy groups -OCH3 is 1. The first-order valence-corrected chi connectivity index (χ1v) is 4.71. The first-order chi connectivity index (χ1) is 6.61. The lowest BCUT2D eigenvalue weighted by Crippen LogP contribution is -2.09. The van der Waals surface area contributed by atoms with Crippen molar-refractivity contribution in [2.75, 3.05) is 7.11 Å². The molecule has 0 aliphatic carbocycles. The second kappa shape index (κ2) is 4.42. The third-order valence-corrected chi connectivity index (χ3v) is 2.39. The molecule has 0 spiro atoms. The number of ether oxygens (including phenoxy) is 1. The van der Waals surface area contributed by atoms with E-state index in [2.05, 4.69) is 9.72 Å². The van der Waals surface area contributed by atoms with Gasteiger partial charge in [0.2, 0.25) is 0 Å². The van der Waals surface area contributed by atoms with Crippen molar-refractivity contribution in [2.24, 2.45) is 0 Å². The summed E-state index contributed by atoms with van der Waals surface area (Å²) in [7, 11) is 1.33. The van der Waals surface area contributed by atoms with Crippen LogP contribution in [0.5, 0.6) is 0 Å². The summed E-state index contributed by atoms with van der Waals surface area (Å²) in [6.45, 7) is 3.86. The van der Waals surface area contributed by atoms with E-state index in [9.17, 15) is 4.79 Å². The summed E-state index contributed by atoms with van der Waals surface area (Å²) in [4.78, 5) is 15.3. The smallest absolute Gasteiger partial charge is 0.341 e. The van der Waals surface area contributed by atoms with Crippen molar-refractivity contribution in [3.05, 3.63) is 28.0 Å². The molecule has 0 fully saturated rings. The predicted molar refractivity (Wildman–Crippen MR) is 54.7 cm³/mol. The molecule has 0 unspecified atom stereocenters. The maximum atomic E-state index is 11.4. The molecule has 0 saturated carbocycles. The largest absolute Gasteiger partial charge is 0.465 e. The van der Waals surface area contributed by atoms with Crippen LogP contribution in [-0.2, 0) is 11.2 Å². The number of hydrogen-bond acceptors (Lipinski definition) is 3. The number of pyridine rings is 1. The molecule has 0 bridgehead atoms. The molecule has 1 aromatic heterocycles. The van der Waals surface area contributed by atoms with Crippen molar-refractivity contribution in [1.82, 2.24) is 4.98 Å². The molecule has 1 rings (SSSR count). The van der Waals surface area contributed by atoms with Crippen LogP contribution in [0.25, 0.3) is 0 Å². The molecule has 0 aliphatic heterocycles. The summed E-state index contributed by atoms with van der Waals surface area (Å²) in [5.41, 5.74) is 2.24. The molecule has 0 saturated heterocycles. The van der Waals surface area contributed by atoms with Crippen LogP contribution < -0.4 is 0 Å². The van der Waals surface area contributed by atoms with Crippen LogP contribution in [0.2, 0.25) is 5.15 Å². The van der Waals surface area contributed by atoms with Gasteiger partial charge in [0.1, 0.15) is 10.7 Å². The maximum absolute atomic E-state index is 11.4. The lowest BCUT2D eigenvalue weighted by molar-refractivity contribution is 0.0599. The highest BCUT2D eigenvalue weighted by Crippen LogP contribution is 2.22. The average molecular weight is 214 g/mol. The Labute approximate surface area is 88.1 Å². The molecule has 0 aromatic carbocycles. The Kier molecular flexibility index (Phi) is 3.47. The molecule has 76 valence electrons. The van der Waals surface area contributed by atoms with Gasteiger partial charge in [0.15, 0.2) is 0 Å². The number of rotatable bonds is 2. The maximum Gasteiger partial charge on any atom is 0.341 e. The van der Waals surface area contributed by atoms with Crippen molar-refractivity contribution >= 4 is 17.6 Å². The highest BCUT2D eigenvalue weighted by molar-refractivity contribution is 6.32. The van der Waals surface area contributed by atoms with Crippen molar-refractivity contribution in [3.8, 4) is 0 Å². The van der Waals surface area contributed by atoms with Gasteiger partial charge in [-0.15, -0.1) is 0 Å². The predicted octanol–water partition coefficient (Wildman–Crippen LogP) is 2.39. The van der Waals surface area contributed by atoms with Crippen molar-refractivity contribution in [2.45, 2.75) is 20.3 Å². The minimum Gasteiger partial charge on any atom is -0.465 e. The number of esters is 1. The van der Waals surface area contributed by atoms with E-state index in [4.69, 9.17) is 11.6 Å². The SMILES string of the molecule is CCc1c(C)cnc(Cl)c1C(=O)OC. The van der Waals surface area contributed by atoms with E-state index in [1.54, 1.807) is 6.20 Å². The topological polar surface area (TPSA) is 39.2 Å². The lowest BCUT2D eigenvalue weighted by atomic mass is 10.0. The minimum absolute atomic E-state index is 0.208. The standard InChI is InChI=1S/C10H12ClNO2/c1-4-7-6(2)5-12-9(11)8(7)10(13)14-3/h5H,4H2,1-3H3. The fraction of sp³-hybridized carbons (Fsp3) is 0.400. The van der Waals surface area contributed by atoms with Crippen molar-refractivity contribution in [3.63, 3.8) is 0 Å². The minimum atomic E-state index is -0.428. The normalized spacial score (nSPS) is 10.0. The number of halogens is 1. The van der Waals surface area contributed by atoms with Gasteiger partial charge in [-0.3, -0.25) is 0 Å². The van der Waals surface area contributed by atoms with Gasteiger partial charge in [-0.2, -0.15) is 0 Å². The van der Waals surface area contributed by atoms with Gasteiger partial charge in [-0.05, 0) is 24.5 Å².